The van der Waals surface area contributed by atoms with Crippen LogP contribution in [0.5, 0.6) is 0 Å². The van der Waals surface area contributed by atoms with E-state index in [-0.39, 0.29) is 30.7 Å². The van der Waals surface area contributed by atoms with Crippen molar-refractivity contribution in [3.63, 3.8) is 0 Å². The fourth-order valence-corrected chi connectivity index (χ4v) is 5.20. The highest BCUT2D eigenvalue weighted by Gasteiger charge is 2.28. The molecule has 1 fully saturated rings. The van der Waals surface area contributed by atoms with Crippen molar-refractivity contribution in [1.82, 2.24) is 5.32 Å². The molecule has 0 heterocycles. The van der Waals surface area contributed by atoms with E-state index in [1.54, 1.807) is 0 Å². The highest BCUT2D eigenvalue weighted by molar-refractivity contribution is 7.58. The van der Waals surface area contributed by atoms with Crippen LogP contribution < -0.4 is 11.1 Å². The first-order valence-corrected chi connectivity index (χ1v) is 10.8. The fraction of sp³-hybridized carbons (Fsp3) is 0.938. The van der Waals surface area contributed by atoms with Crippen molar-refractivity contribution in [3.8, 4) is 0 Å². The lowest BCUT2D eigenvalue weighted by Crippen LogP contribution is -2.47. The molecule has 136 valence electrons. The number of amides is 1. The monoisotopic (exact) mass is 348 g/mol. The number of carbonyl (C=O) groups is 1. The van der Waals surface area contributed by atoms with E-state index in [2.05, 4.69) is 5.32 Å². The van der Waals surface area contributed by atoms with Crippen LogP contribution in [0.2, 0.25) is 0 Å². The zero-order valence-electron chi connectivity index (χ0n) is 14.4. The summed E-state index contributed by atoms with van der Waals surface area (Å²) in [6.07, 6.45) is 5.35. The summed E-state index contributed by atoms with van der Waals surface area (Å²) in [5, 5.41) is 12.5. The Morgan fingerprint density at radius 3 is 2.52 bits per heavy atom. The Morgan fingerprint density at radius 2 is 1.96 bits per heavy atom. The van der Waals surface area contributed by atoms with E-state index < -0.39 is 19.5 Å². The zero-order valence-corrected chi connectivity index (χ0v) is 15.3. The van der Waals surface area contributed by atoms with Crippen LogP contribution in [0.25, 0.3) is 0 Å². The summed E-state index contributed by atoms with van der Waals surface area (Å²) in [7, 11) is -3.36. The summed E-state index contributed by atoms with van der Waals surface area (Å²) < 4.78 is 12.3. The first-order valence-electron chi connectivity index (χ1n) is 8.77. The molecule has 0 radical (unpaired) electrons. The number of aliphatic hydroxyl groups is 1. The van der Waals surface area contributed by atoms with Crippen LogP contribution in [0.15, 0.2) is 0 Å². The van der Waals surface area contributed by atoms with E-state index in [4.69, 9.17) is 5.73 Å². The fourth-order valence-electron chi connectivity index (χ4n) is 3.09. The molecule has 1 aliphatic rings. The normalized spacial score (nSPS) is 22.8. The molecule has 5 N–H and O–H groups in total. The average Bonchev–Trinajstić information content (AvgIpc) is 2.51. The van der Waals surface area contributed by atoms with Crippen LogP contribution in [0, 0.1) is 11.8 Å². The number of hydrogen-bond donors (Lipinski definition) is 4. The molecule has 0 aromatic rings. The Bertz CT molecular complexity index is 413. The first-order chi connectivity index (χ1) is 10.7. The van der Waals surface area contributed by atoms with Crippen molar-refractivity contribution < 1.29 is 19.4 Å². The van der Waals surface area contributed by atoms with Gasteiger partial charge in [0.15, 0.2) is 0 Å². The maximum absolute atomic E-state index is 12.3. The predicted octanol–water partition coefficient (Wildman–Crippen LogP) is 1.69. The standard InChI is InChI=1S/C16H33N2O4P/c1-3-12(2)15(17)16(20)18-9-14(19)11-23(21,22)10-13-7-5-4-6-8-13/h12-15,19H,3-11,17H2,1-2H3,(H,18,20)(H,21,22). The Kier molecular flexibility index (Phi) is 8.76. The van der Waals surface area contributed by atoms with E-state index in [1.165, 1.54) is 6.42 Å². The van der Waals surface area contributed by atoms with Crippen molar-refractivity contribution in [2.24, 2.45) is 17.6 Å². The Labute approximate surface area is 139 Å². The number of aliphatic hydroxyl groups excluding tert-OH is 1. The van der Waals surface area contributed by atoms with Crippen LogP contribution in [-0.4, -0.2) is 46.9 Å². The molecule has 23 heavy (non-hydrogen) atoms. The molecule has 1 rings (SSSR count). The van der Waals surface area contributed by atoms with Crippen LogP contribution >= 0.6 is 7.37 Å². The number of nitrogens with one attached hydrogen (secondary N) is 1. The zero-order chi connectivity index (χ0) is 17.5. The topological polar surface area (TPSA) is 113 Å². The molecule has 4 atom stereocenters. The van der Waals surface area contributed by atoms with Crippen LogP contribution in [0.1, 0.15) is 52.4 Å². The van der Waals surface area contributed by atoms with Gasteiger partial charge < -0.3 is 21.1 Å². The smallest absolute Gasteiger partial charge is 0.237 e. The van der Waals surface area contributed by atoms with Gasteiger partial charge in [0.05, 0.1) is 18.3 Å². The Morgan fingerprint density at radius 1 is 1.35 bits per heavy atom. The second kappa shape index (κ2) is 9.77. The molecule has 4 unspecified atom stereocenters. The van der Waals surface area contributed by atoms with Gasteiger partial charge in [-0.05, 0) is 24.7 Å². The van der Waals surface area contributed by atoms with Gasteiger partial charge in [-0.2, -0.15) is 0 Å². The minimum atomic E-state index is -3.36. The maximum atomic E-state index is 12.3. The summed E-state index contributed by atoms with van der Waals surface area (Å²) in [6.45, 7) is 3.82. The largest absolute Gasteiger partial charge is 0.391 e. The molecule has 0 aliphatic heterocycles. The van der Waals surface area contributed by atoms with Gasteiger partial charge in [-0.3, -0.25) is 9.36 Å². The lowest BCUT2D eigenvalue weighted by atomic mass is 9.91. The van der Waals surface area contributed by atoms with Crippen molar-refractivity contribution in [2.75, 3.05) is 18.9 Å². The molecule has 1 amide bonds. The first kappa shape index (κ1) is 20.6. The lowest BCUT2D eigenvalue weighted by molar-refractivity contribution is -0.123. The van der Waals surface area contributed by atoms with Gasteiger partial charge in [0.2, 0.25) is 13.3 Å². The molecule has 0 aromatic heterocycles. The Hall–Kier alpha value is -0.420. The van der Waals surface area contributed by atoms with Gasteiger partial charge >= 0.3 is 0 Å². The number of hydrogen-bond acceptors (Lipinski definition) is 4. The van der Waals surface area contributed by atoms with Crippen molar-refractivity contribution >= 4 is 13.3 Å². The number of rotatable bonds is 9. The SMILES string of the molecule is CCC(C)C(N)C(=O)NCC(O)CP(=O)(O)CC1CCCCC1. The molecular formula is C16H33N2O4P. The molecule has 0 bridgehead atoms. The molecule has 7 heteroatoms. The summed E-state index contributed by atoms with van der Waals surface area (Å²) in [6, 6.07) is -0.615. The average molecular weight is 348 g/mol. The van der Waals surface area contributed by atoms with Gasteiger partial charge in [-0.1, -0.05) is 39.5 Å². The molecular weight excluding hydrogens is 315 g/mol. The molecule has 0 saturated heterocycles. The third kappa shape index (κ3) is 7.79. The second-order valence-electron chi connectivity index (χ2n) is 7.03. The van der Waals surface area contributed by atoms with Crippen molar-refractivity contribution in [1.29, 1.82) is 0 Å². The van der Waals surface area contributed by atoms with Gasteiger partial charge in [0, 0.05) is 12.7 Å². The van der Waals surface area contributed by atoms with E-state index in [0.717, 1.165) is 32.1 Å². The van der Waals surface area contributed by atoms with Crippen molar-refractivity contribution in [2.45, 2.75) is 64.5 Å². The molecule has 1 aliphatic carbocycles. The highest BCUT2D eigenvalue weighted by atomic mass is 31.2. The summed E-state index contributed by atoms with van der Waals surface area (Å²) in [5.41, 5.74) is 5.81. The summed E-state index contributed by atoms with van der Waals surface area (Å²) in [5.74, 6) is 0.0287. The lowest BCUT2D eigenvalue weighted by Gasteiger charge is -2.25. The molecule has 0 aromatic carbocycles. The Balaban J connectivity index is 2.35. The van der Waals surface area contributed by atoms with E-state index in [0.29, 0.717) is 5.92 Å². The highest BCUT2D eigenvalue weighted by Crippen LogP contribution is 2.45. The maximum Gasteiger partial charge on any atom is 0.237 e. The third-order valence-corrected chi connectivity index (χ3v) is 6.91. The molecule has 0 spiro atoms. The third-order valence-electron chi connectivity index (χ3n) is 4.84. The minimum Gasteiger partial charge on any atom is -0.391 e. The van der Waals surface area contributed by atoms with E-state index >= 15 is 0 Å². The van der Waals surface area contributed by atoms with Crippen LogP contribution in [0.4, 0.5) is 0 Å². The van der Waals surface area contributed by atoms with Gasteiger partial charge in [0.25, 0.3) is 0 Å². The number of carbonyl (C=O) groups excluding carboxylic acids is 1. The van der Waals surface area contributed by atoms with E-state index in [9.17, 15) is 19.4 Å². The molecule has 6 nitrogen and oxygen atoms in total. The quantitative estimate of drug-likeness (QED) is 0.474. The summed E-state index contributed by atoms with van der Waals surface area (Å²) in [4.78, 5) is 21.9. The van der Waals surface area contributed by atoms with Crippen molar-refractivity contribution in [3.05, 3.63) is 0 Å². The van der Waals surface area contributed by atoms with Gasteiger partial charge in [0.1, 0.15) is 0 Å². The van der Waals surface area contributed by atoms with E-state index in [1.807, 2.05) is 13.8 Å². The second-order valence-corrected chi connectivity index (χ2v) is 9.45. The van der Waals surface area contributed by atoms with Crippen LogP contribution in [0.3, 0.4) is 0 Å². The van der Waals surface area contributed by atoms with Gasteiger partial charge in [-0.25, -0.2) is 0 Å². The number of nitrogens with two attached hydrogens (primary N) is 1. The predicted molar refractivity (Wildman–Crippen MR) is 92.6 cm³/mol. The molecule has 1 saturated carbocycles. The minimum absolute atomic E-state index is 0.0296. The van der Waals surface area contributed by atoms with Gasteiger partial charge in [-0.15, -0.1) is 0 Å². The summed E-state index contributed by atoms with van der Waals surface area (Å²) >= 11 is 0. The van der Waals surface area contributed by atoms with Crippen LogP contribution in [-0.2, 0) is 9.36 Å².